The molecule has 2 amide bonds. The number of carbonyl (C=O) groups excluding carboxylic acids is 1. The molecule has 0 fully saturated rings. The van der Waals surface area contributed by atoms with E-state index in [0.29, 0.717) is 16.8 Å². The van der Waals surface area contributed by atoms with E-state index in [2.05, 4.69) is 15.3 Å². The maximum absolute atomic E-state index is 12.6. The first-order chi connectivity index (χ1) is 15.5. The van der Waals surface area contributed by atoms with Gasteiger partial charge in [0, 0.05) is 24.0 Å². The van der Waals surface area contributed by atoms with Gasteiger partial charge in [0.15, 0.2) is 5.75 Å². The molecule has 9 heteroatoms. The molecule has 9 nitrogen and oxygen atoms in total. The van der Waals surface area contributed by atoms with Crippen LogP contribution in [-0.2, 0) is 0 Å². The molecular weight excluding hydrogens is 412 g/mol. The molecule has 1 aliphatic heterocycles. The Morgan fingerprint density at radius 1 is 1.16 bits per heavy atom. The number of benzene rings is 2. The van der Waals surface area contributed by atoms with Crippen LogP contribution in [0.5, 0.6) is 11.5 Å². The van der Waals surface area contributed by atoms with Crippen molar-refractivity contribution in [3.8, 4) is 11.5 Å². The van der Waals surface area contributed by atoms with Crippen LogP contribution in [0.3, 0.4) is 0 Å². The maximum Gasteiger partial charge on any atom is 0.341 e. The lowest BCUT2D eigenvalue weighted by atomic mass is 9.80. The van der Waals surface area contributed by atoms with Crippen LogP contribution in [0.2, 0.25) is 0 Å². The lowest BCUT2D eigenvalue weighted by molar-refractivity contribution is -0.386. The number of nitro groups is 1. The van der Waals surface area contributed by atoms with E-state index in [-0.39, 0.29) is 12.4 Å². The first-order valence-corrected chi connectivity index (χ1v) is 9.98. The minimum atomic E-state index is -0.698. The van der Waals surface area contributed by atoms with Crippen LogP contribution in [-0.4, -0.2) is 33.4 Å². The fourth-order valence-electron chi connectivity index (χ4n) is 3.83. The zero-order valence-corrected chi connectivity index (χ0v) is 17.1. The van der Waals surface area contributed by atoms with Crippen molar-refractivity contribution < 1.29 is 19.6 Å². The molecule has 0 spiro atoms. The minimum Gasteiger partial charge on any atom is -0.500 e. The number of phenols is 1. The quantitative estimate of drug-likeness (QED) is 0.445. The first kappa shape index (κ1) is 21.0. The molecule has 2 aromatic carbocycles. The van der Waals surface area contributed by atoms with E-state index in [9.17, 15) is 20.0 Å². The number of aromatic nitrogens is 1. The third-order valence-corrected chi connectivity index (χ3v) is 5.18. The average Bonchev–Trinajstić information content (AvgIpc) is 2.81. The van der Waals surface area contributed by atoms with Gasteiger partial charge in [0.1, 0.15) is 0 Å². The first-order valence-electron chi connectivity index (χ1n) is 9.98. The van der Waals surface area contributed by atoms with Crippen molar-refractivity contribution in [3.63, 3.8) is 0 Å². The summed E-state index contributed by atoms with van der Waals surface area (Å²) in [6.45, 7) is 1.91. The number of aromatic hydroxyl groups is 1. The number of amides is 2. The second-order valence-electron chi connectivity index (χ2n) is 7.13. The maximum atomic E-state index is 12.6. The summed E-state index contributed by atoms with van der Waals surface area (Å²) in [5.74, 6) is -1.04. The number of nitro benzene ring substituents is 1. The van der Waals surface area contributed by atoms with Gasteiger partial charge < -0.3 is 15.2 Å². The molecule has 0 saturated heterocycles. The Morgan fingerprint density at radius 2 is 1.94 bits per heavy atom. The van der Waals surface area contributed by atoms with Gasteiger partial charge >= 0.3 is 11.7 Å². The molecule has 0 aliphatic carbocycles. The van der Waals surface area contributed by atoms with Gasteiger partial charge in [-0.1, -0.05) is 36.4 Å². The molecule has 32 heavy (non-hydrogen) atoms. The van der Waals surface area contributed by atoms with Crippen LogP contribution in [0.4, 0.5) is 10.5 Å². The van der Waals surface area contributed by atoms with Crippen molar-refractivity contribution in [2.75, 3.05) is 6.61 Å². The fraction of sp³-hybridized carbons (Fsp3) is 0.174. The number of rotatable bonds is 6. The molecule has 2 atom stereocenters. The number of aliphatic imine (C=N–C) groups is 1. The molecule has 1 aliphatic rings. The van der Waals surface area contributed by atoms with Crippen molar-refractivity contribution >= 4 is 17.4 Å². The SMILES string of the molecule is CCOc1cc([C@@H]2NC(=O)N=C(c3cccnc3)C2c2ccccc2)cc([N+](=O)[O-])c1O. The zero-order chi connectivity index (χ0) is 22.7. The van der Waals surface area contributed by atoms with Gasteiger partial charge in [-0.25, -0.2) is 4.79 Å². The van der Waals surface area contributed by atoms with Crippen molar-refractivity contribution in [1.82, 2.24) is 10.3 Å². The van der Waals surface area contributed by atoms with Crippen molar-refractivity contribution in [2.24, 2.45) is 4.99 Å². The third kappa shape index (κ3) is 4.00. The topological polar surface area (TPSA) is 127 Å². The summed E-state index contributed by atoms with van der Waals surface area (Å²) < 4.78 is 5.43. The van der Waals surface area contributed by atoms with Crippen molar-refractivity contribution in [2.45, 2.75) is 18.9 Å². The van der Waals surface area contributed by atoms with Crippen LogP contribution in [0.15, 0.2) is 72.0 Å². The summed E-state index contributed by atoms with van der Waals surface area (Å²) >= 11 is 0. The summed E-state index contributed by atoms with van der Waals surface area (Å²) in [5, 5.41) is 24.7. The molecule has 2 N–H and O–H groups in total. The Balaban J connectivity index is 1.92. The number of nitrogens with one attached hydrogen (secondary N) is 1. The number of pyridine rings is 1. The lowest BCUT2D eigenvalue weighted by Gasteiger charge is -2.33. The number of urea groups is 1. The Bertz CT molecular complexity index is 1180. The summed E-state index contributed by atoms with van der Waals surface area (Å²) in [4.78, 5) is 31.9. The van der Waals surface area contributed by atoms with Gasteiger partial charge in [-0.3, -0.25) is 15.1 Å². The van der Waals surface area contributed by atoms with E-state index in [4.69, 9.17) is 4.74 Å². The smallest absolute Gasteiger partial charge is 0.341 e. The predicted octanol–water partition coefficient (Wildman–Crippen LogP) is 4.13. The Morgan fingerprint density at radius 3 is 2.59 bits per heavy atom. The highest BCUT2D eigenvalue weighted by molar-refractivity contribution is 6.12. The average molecular weight is 432 g/mol. The highest BCUT2D eigenvalue weighted by Crippen LogP contribution is 2.43. The number of hydrogen-bond acceptors (Lipinski definition) is 6. The standard InChI is InChI=1S/C23H20N4O5/c1-2-32-18-12-16(11-17(22(18)28)27(30)31)21-19(14-7-4-3-5-8-14)20(25-23(29)26-21)15-9-6-10-24-13-15/h3-13,19,21,28H,2H2,1H3,(H,26,29)/t19?,21-/m0/s1. The van der Waals surface area contributed by atoms with Gasteiger partial charge in [-0.05, 0) is 30.2 Å². The molecule has 2 heterocycles. The van der Waals surface area contributed by atoms with Crippen molar-refractivity contribution in [1.29, 1.82) is 0 Å². The van der Waals surface area contributed by atoms with Crippen molar-refractivity contribution in [3.05, 3.63) is 93.8 Å². The molecule has 3 aromatic rings. The third-order valence-electron chi connectivity index (χ3n) is 5.18. The summed E-state index contributed by atoms with van der Waals surface area (Å²) in [7, 11) is 0. The Hall–Kier alpha value is -4.27. The number of hydrogen-bond donors (Lipinski definition) is 2. The molecular formula is C23H20N4O5. The van der Waals surface area contributed by atoms with E-state index in [1.165, 1.54) is 12.1 Å². The second-order valence-corrected chi connectivity index (χ2v) is 7.13. The number of carbonyl (C=O) groups is 1. The summed E-state index contributed by atoms with van der Waals surface area (Å²) in [6, 6.07) is 14.5. The molecule has 162 valence electrons. The molecule has 1 unspecified atom stereocenters. The predicted molar refractivity (Wildman–Crippen MR) is 117 cm³/mol. The van der Waals surface area contributed by atoms with Gasteiger partial charge in [-0.2, -0.15) is 4.99 Å². The highest BCUT2D eigenvalue weighted by Gasteiger charge is 2.37. The molecule has 0 saturated carbocycles. The van der Waals surface area contributed by atoms with E-state index >= 15 is 0 Å². The van der Waals surface area contributed by atoms with Crippen LogP contribution in [0.1, 0.15) is 35.6 Å². The Kier molecular flexibility index (Phi) is 5.80. The lowest BCUT2D eigenvalue weighted by Crippen LogP contribution is -2.40. The molecule has 4 rings (SSSR count). The van der Waals surface area contributed by atoms with Crippen LogP contribution < -0.4 is 10.1 Å². The molecule has 1 aromatic heterocycles. The van der Waals surface area contributed by atoms with E-state index in [1.807, 2.05) is 36.4 Å². The number of ether oxygens (including phenoxy) is 1. The summed E-state index contributed by atoms with van der Waals surface area (Å²) in [5.41, 5.74) is 1.92. The van der Waals surface area contributed by atoms with Gasteiger partial charge in [0.25, 0.3) is 0 Å². The summed E-state index contributed by atoms with van der Waals surface area (Å²) in [6.07, 6.45) is 3.25. The van der Waals surface area contributed by atoms with E-state index in [1.54, 1.807) is 25.4 Å². The van der Waals surface area contributed by atoms with Crippen LogP contribution in [0.25, 0.3) is 0 Å². The second kappa shape index (κ2) is 8.84. The highest BCUT2D eigenvalue weighted by atomic mass is 16.6. The molecule has 0 radical (unpaired) electrons. The zero-order valence-electron chi connectivity index (χ0n) is 17.1. The number of phenolic OH excluding ortho intramolecular Hbond substituents is 1. The van der Waals surface area contributed by atoms with Gasteiger partial charge in [0.05, 0.1) is 29.2 Å². The Labute approximate surface area is 183 Å². The van der Waals surface area contributed by atoms with Crippen LogP contribution >= 0.6 is 0 Å². The molecule has 0 bridgehead atoms. The number of nitrogens with zero attached hydrogens (tertiary/aromatic N) is 3. The monoisotopic (exact) mass is 432 g/mol. The normalized spacial score (nSPS) is 17.9. The van der Waals surface area contributed by atoms with Gasteiger partial charge in [-0.15, -0.1) is 0 Å². The largest absolute Gasteiger partial charge is 0.500 e. The fourth-order valence-corrected chi connectivity index (χ4v) is 3.83. The van der Waals surface area contributed by atoms with E-state index in [0.717, 1.165) is 5.56 Å². The van der Waals surface area contributed by atoms with E-state index < -0.39 is 34.4 Å². The minimum absolute atomic E-state index is 0.0248. The van der Waals surface area contributed by atoms with Gasteiger partial charge in [0.2, 0.25) is 5.75 Å². The van der Waals surface area contributed by atoms with Crippen LogP contribution in [0, 0.1) is 10.1 Å².